The van der Waals surface area contributed by atoms with Gasteiger partial charge in [-0.25, -0.2) is 0 Å². The van der Waals surface area contributed by atoms with Crippen LogP contribution in [0.25, 0.3) is 0 Å². The van der Waals surface area contributed by atoms with E-state index in [9.17, 15) is 9.59 Å². The van der Waals surface area contributed by atoms with E-state index in [1.807, 2.05) is 0 Å². The molecule has 0 spiro atoms. The molecule has 1 heterocycles. The maximum absolute atomic E-state index is 12.2. The summed E-state index contributed by atoms with van der Waals surface area (Å²) in [5.41, 5.74) is 0. The Balaban J connectivity index is 1.35. The minimum atomic E-state index is 0.153. The van der Waals surface area contributed by atoms with Crippen molar-refractivity contribution in [2.75, 3.05) is 13.1 Å². The molecule has 0 bridgehead atoms. The van der Waals surface area contributed by atoms with Gasteiger partial charge in [0.25, 0.3) is 0 Å². The van der Waals surface area contributed by atoms with Crippen molar-refractivity contribution in [1.29, 1.82) is 0 Å². The molecule has 106 valence electrons. The third kappa shape index (κ3) is 2.77. The number of carbonyl (C=O) groups excluding carboxylic acids is 2. The van der Waals surface area contributed by atoms with E-state index in [0.717, 1.165) is 50.6 Å². The van der Waals surface area contributed by atoms with Gasteiger partial charge in [0.15, 0.2) is 0 Å². The molecule has 0 aromatic carbocycles. The summed E-state index contributed by atoms with van der Waals surface area (Å²) < 4.78 is 0. The van der Waals surface area contributed by atoms with Gasteiger partial charge in [-0.3, -0.25) is 9.59 Å². The normalized spacial score (nSPS) is 35.5. The predicted octanol–water partition coefficient (Wildman–Crippen LogP) is 1.55. The summed E-state index contributed by atoms with van der Waals surface area (Å²) in [6, 6.07) is 0.246. The summed E-state index contributed by atoms with van der Waals surface area (Å²) in [5, 5.41) is 3.03. The van der Waals surface area contributed by atoms with Crippen molar-refractivity contribution in [3.05, 3.63) is 0 Å². The number of fused-ring (bicyclic) bond motifs is 1. The van der Waals surface area contributed by atoms with Crippen LogP contribution in [0.1, 0.15) is 45.4 Å². The molecule has 19 heavy (non-hydrogen) atoms. The van der Waals surface area contributed by atoms with E-state index in [-0.39, 0.29) is 17.9 Å². The minimum absolute atomic E-state index is 0.153. The van der Waals surface area contributed by atoms with Gasteiger partial charge in [-0.1, -0.05) is 13.3 Å². The summed E-state index contributed by atoms with van der Waals surface area (Å²) in [7, 11) is 0. The van der Waals surface area contributed by atoms with Crippen LogP contribution in [0.4, 0.5) is 0 Å². The molecule has 1 unspecified atom stereocenters. The Morgan fingerprint density at radius 2 is 1.84 bits per heavy atom. The molecule has 3 rings (SSSR count). The van der Waals surface area contributed by atoms with Crippen molar-refractivity contribution in [2.24, 2.45) is 17.8 Å². The third-order valence-electron chi connectivity index (χ3n) is 4.90. The smallest absolute Gasteiger partial charge is 0.225 e. The molecule has 1 saturated heterocycles. The second-order valence-electron chi connectivity index (χ2n) is 6.54. The van der Waals surface area contributed by atoms with E-state index >= 15 is 0 Å². The lowest BCUT2D eigenvalue weighted by Crippen LogP contribution is -2.50. The molecule has 1 aliphatic heterocycles. The lowest BCUT2D eigenvalue weighted by molar-refractivity contribution is -0.139. The van der Waals surface area contributed by atoms with Crippen molar-refractivity contribution in [3.8, 4) is 0 Å². The van der Waals surface area contributed by atoms with Crippen LogP contribution >= 0.6 is 0 Å². The number of carbonyl (C=O) groups is 2. The first-order chi connectivity index (χ1) is 9.17. The lowest BCUT2D eigenvalue weighted by atomic mass is 9.79. The van der Waals surface area contributed by atoms with Crippen molar-refractivity contribution in [3.63, 3.8) is 0 Å². The van der Waals surface area contributed by atoms with Gasteiger partial charge < -0.3 is 10.2 Å². The number of rotatable bonds is 5. The fourth-order valence-corrected chi connectivity index (χ4v) is 3.41. The number of unbranched alkanes of at least 4 members (excludes halogenated alkanes) is 1. The number of likely N-dealkylation sites (tertiary alicyclic amines) is 1. The topological polar surface area (TPSA) is 49.4 Å². The predicted molar refractivity (Wildman–Crippen MR) is 72.4 cm³/mol. The van der Waals surface area contributed by atoms with E-state index in [2.05, 4.69) is 17.1 Å². The van der Waals surface area contributed by atoms with Crippen LogP contribution in [-0.4, -0.2) is 35.8 Å². The fourth-order valence-electron chi connectivity index (χ4n) is 3.41. The number of nitrogens with one attached hydrogen (secondary N) is 1. The standard InChI is InChI=1S/C15H24N2O2/c1-2-3-4-14(18)16-13-6-10(7-13)15(19)17-8-11-5-12(11)9-17/h10-13H,2-9H2,1H3,(H,16,18)/t10?,11-,12?,13?/m1/s1. The maximum atomic E-state index is 12.2. The number of hydrogen-bond donors (Lipinski definition) is 1. The zero-order valence-corrected chi connectivity index (χ0v) is 11.7. The summed E-state index contributed by atoms with van der Waals surface area (Å²) in [4.78, 5) is 25.8. The van der Waals surface area contributed by atoms with Gasteiger partial charge in [0.1, 0.15) is 0 Å². The second-order valence-corrected chi connectivity index (χ2v) is 6.54. The molecule has 2 atom stereocenters. The average Bonchev–Trinajstić information content (AvgIpc) is 2.96. The SMILES string of the molecule is CCCCC(=O)NC1CC(C(=O)N2CC3C[C@@H]3C2)C1. The molecule has 1 N–H and O–H groups in total. The lowest BCUT2D eigenvalue weighted by Gasteiger charge is -2.37. The number of amides is 2. The fraction of sp³-hybridized carbons (Fsp3) is 0.867. The molecule has 3 fully saturated rings. The molecule has 2 amide bonds. The Morgan fingerprint density at radius 1 is 1.16 bits per heavy atom. The van der Waals surface area contributed by atoms with Crippen molar-refractivity contribution >= 4 is 11.8 Å². The molecule has 0 radical (unpaired) electrons. The largest absolute Gasteiger partial charge is 0.353 e. The highest BCUT2D eigenvalue weighted by Crippen LogP contribution is 2.46. The molecule has 2 aliphatic carbocycles. The van der Waals surface area contributed by atoms with Crippen molar-refractivity contribution in [1.82, 2.24) is 10.2 Å². The van der Waals surface area contributed by atoms with Crippen molar-refractivity contribution in [2.45, 2.75) is 51.5 Å². The van der Waals surface area contributed by atoms with Crippen molar-refractivity contribution < 1.29 is 9.59 Å². The van der Waals surface area contributed by atoms with Gasteiger partial charge in [0, 0.05) is 31.5 Å². The Kier molecular flexibility index (Phi) is 3.50. The Hall–Kier alpha value is -1.06. The van der Waals surface area contributed by atoms with Crippen LogP contribution < -0.4 is 5.32 Å². The third-order valence-corrected chi connectivity index (χ3v) is 4.90. The van der Waals surface area contributed by atoms with E-state index in [1.165, 1.54) is 6.42 Å². The molecule has 4 nitrogen and oxygen atoms in total. The maximum Gasteiger partial charge on any atom is 0.225 e. The van der Waals surface area contributed by atoms with Crippen LogP contribution in [-0.2, 0) is 9.59 Å². The molecule has 0 aromatic rings. The second kappa shape index (κ2) is 5.14. The van der Waals surface area contributed by atoms with Crippen LogP contribution in [0, 0.1) is 17.8 Å². The summed E-state index contributed by atoms with van der Waals surface area (Å²) in [6.45, 7) is 4.08. The molecular weight excluding hydrogens is 240 g/mol. The first-order valence-corrected chi connectivity index (χ1v) is 7.75. The zero-order valence-electron chi connectivity index (χ0n) is 11.7. The highest BCUT2D eigenvalue weighted by atomic mass is 16.2. The van der Waals surface area contributed by atoms with Gasteiger partial charge in [-0.05, 0) is 37.5 Å². The monoisotopic (exact) mass is 264 g/mol. The molecule has 0 aromatic heterocycles. The van der Waals surface area contributed by atoms with Gasteiger partial charge >= 0.3 is 0 Å². The summed E-state index contributed by atoms with van der Waals surface area (Å²) in [6.07, 6.45) is 5.67. The van der Waals surface area contributed by atoms with Gasteiger partial charge in [-0.15, -0.1) is 0 Å². The van der Waals surface area contributed by atoms with Crippen LogP contribution in [0.5, 0.6) is 0 Å². The van der Waals surface area contributed by atoms with E-state index < -0.39 is 0 Å². The first-order valence-electron chi connectivity index (χ1n) is 7.75. The number of nitrogens with zero attached hydrogens (tertiary/aromatic N) is 1. The molecule has 3 aliphatic rings. The highest BCUT2D eigenvalue weighted by Gasteiger charge is 2.48. The summed E-state index contributed by atoms with van der Waals surface area (Å²) in [5.74, 6) is 2.29. The highest BCUT2D eigenvalue weighted by molar-refractivity contribution is 5.81. The Bertz CT molecular complexity index is 366. The quantitative estimate of drug-likeness (QED) is 0.819. The van der Waals surface area contributed by atoms with Gasteiger partial charge in [0.05, 0.1) is 0 Å². The Morgan fingerprint density at radius 3 is 2.47 bits per heavy atom. The van der Waals surface area contributed by atoms with Crippen LogP contribution in [0.2, 0.25) is 0 Å². The van der Waals surface area contributed by atoms with Crippen LogP contribution in [0.15, 0.2) is 0 Å². The Labute approximate surface area is 114 Å². The molecule has 2 saturated carbocycles. The number of piperidine rings is 1. The van der Waals surface area contributed by atoms with Gasteiger partial charge in [0.2, 0.25) is 11.8 Å². The zero-order chi connectivity index (χ0) is 13.4. The van der Waals surface area contributed by atoms with Gasteiger partial charge in [-0.2, -0.15) is 0 Å². The molecular formula is C15H24N2O2. The van der Waals surface area contributed by atoms with E-state index in [1.54, 1.807) is 0 Å². The molecule has 4 heteroatoms. The summed E-state index contributed by atoms with van der Waals surface area (Å²) >= 11 is 0. The minimum Gasteiger partial charge on any atom is -0.353 e. The average molecular weight is 264 g/mol. The number of hydrogen-bond acceptors (Lipinski definition) is 2. The van der Waals surface area contributed by atoms with E-state index in [0.29, 0.717) is 12.3 Å². The van der Waals surface area contributed by atoms with Crippen LogP contribution in [0.3, 0.4) is 0 Å². The van der Waals surface area contributed by atoms with E-state index in [4.69, 9.17) is 0 Å². The first kappa shape index (κ1) is 12.9.